The molecule has 2 amide bonds. The molecule has 7 nitrogen and oxygen atoms in total. The minimum Gasteiger partial charge on any atom is -0.481 e. The molecule has 0 bridgehead atoms. The van der Waals surface area contributed by atoms with Crippen LogP contribution >= 0.6 is 0 Å². The number of hydrogen-bond donors (Lipinski definition) is 3. The lowest BCUT2D eigenvalue weighted by Gasteiger charge is -2.26. The molecule has 22 heavy (non-hydrogen) atoms. The lowest BCUT2D eigenvalue weighted by atomic mass is 9.82. The number of aliphatic carboxylic acids is 1. The van der Waals surface area contributed by atoms with Crippen LogP contribution in [0.5, 0.6) is 0 Å². The molecular weight excluding hydrogens is 286 g/mol. The number of carbonyl (C=O) groups is 3. The zero-order valence-electron chi connectivity index (χ0n) is 13.0. The molecule has 0 aliphatic heterocycles. The summed E-state index contributed by atoms with van der Waals surface area (Å²) in [6, 6.07) is 2.92. The number of nitrogens with zero attached hydrogens (tertiary/aromatic N) is 1. The van der Waals surface area contributed by atoms with Crippen molar-refractivity contribution in [2.45, 2.75) is 26.7 Å². The van der Waals surface area contributed by atoms with Gasteiger partial charge < -0.3 is 15.7 Å². The first-order valence-electron chi connectivity index (χ1n) is 7.10. The predicted molar refractivity (Wildman–Crippen MR) is 80.6 cm³/mol. The summed E-state index contributed by atoms with van der Waals surface area (Å²) in [5.74, 6) is -1.68. The summed E-state index contributed by atoms with van der Waals surface area (Å²) < 4.78 is 0. The quantitative estimate of drug-likeness (QED) is 0.698. The van der Waals surface area contributed by atoms with Crippen molar-refractivity contribution in [2.75, 3.05) is 13.6 Å². The summed E-state index contributed by atoms with van der Waals surface area (Å²) in [6.45, 7) is 3.61. The highest BCUT2D eigenvalue weighted by Crippen LogP contribution is 2.25. The summed E-state index contributed by atoms with van der Waals surface area (Å²) in [5.41, 5.74) is -0.481. The van der Waals surface area contributed by atoms with E-state index in [-0.39, 0.29) is 23.7 Å². The van der Waals surface area contributed by atoms with Crippen LogP contribution in [0.4, 0.5) is 0 Å². The smallest absolute Gasteiger partial charge is 0.311 e. The third-order valence-corrected chi connectivity index (χ3v) is 3.88. The standard InChI is InChI=1S/C15H21N3O4/c1-4-15(5-2,14(21)22)9-18-12(19)10-6-7-11(17-8-10)13(20)16-3/h6-8H,4-5,9H2,1-3H3,(H,16,20)(H,18,19)(H,21,22). The Kier molecular flexibility index (Phi) is 6.03. The maximum absolute atomic E-state index is 12.1. The number of aromatic nitrogens is 1. The third-order valence-electron chi connectivity index (χ3n) is 3.88. The lowest BCUT2D eigenvalue weighted by Crippen LogP contribution is -2.42. The first-order valence-corrected chi connectivity index (χ1v) is 7.10. The Balaban J connectivity index is 2.77. The second-order valence-electron chi connectivity index (χ2n) is 4.99. The Morgan fingerprint density at radius 1 is 1.18 bits per heavy atom. The molecule has 0 saturated carbocycles. The van der Waals surface area contributed by atoms with Crippen LogP contribution < -0.4 is 10.6 Å². The average molecular weight is 307 g/mol. The summed E-state index contributed by atoms with van der Waals surface area (Å²) in [7, 11) is 1.49. The van der Waals surface area contributed by atoms with Crippen LogP contribution in [-0.4, -0.2) is 41.5 Å². The fraction of sp³-hybridized carbons (Fsp3) is 0.467. The molecule has 0 unspecified atom stereocenters. The Morgan fingerprint density at radius 3 is 2.23 bits per heavy atom. The van der Waals surface area contributed by atoms with Crippen LogP contribution in [0.3, 0.4) is 0 Å². The first kappa shape index (κ1) is 17.6. The van der Waals surface area contributed by atoms with Gasteiger partial charge in [-0.25, -0.2) is 0 Å². The van der Waals surface area contributed by atoms with Crippen molar-refractivity contribution in [2.24, 2.45) is 5.41 Å². The van der Waals surface area contributed by atoms with Crippen molar-refractivity contribution >= 4 is 17.8 Å². The Hall–Kier alpha value is -2.44. The van der Waals surface area contributed by atoms with Crippen molar-refractivity contribution in [1.29, 1.82) is 0 Å². The van der Waals surface area contributed by atoms with E-state index >= 15 is 0 Å². The highest BCUT2D eigenvalue weighted by molar-refractivity contribution is 5.96. The van der Waals surface area contributed by atoms with Crippen LogP contribution in [0, 0.1) is 5.41 Å². The van der Waals surface area contributed by atoms with E-state index in [4.69, 9.17) is 0 Å². The van der Waals surface area contributed by atoms with Gasteiger partial charge in [-0.15, -0.1) is 0 Å². The molecule has 0 fully saturated rings. The van der Waals surface area contributed by atoms with Crippen molar-refractivity contribution in [3.05, 3.63) is 29.6 Å². The van der Waals surface area contributed by atoms with Gasteiger partial charge in [0, 0.05) is 19.8 Å². The largest absolute Gasteiger partial charge is 0.481 e. The van der Waals surface area contributed by atoms with Gasteiger partial charge in [-0.3, -0.25) is 19.4 Å². The van der Waals surface area contributed by atoms with Gasteiger partial charge >= 0.3 is 5.97 Å². The van der Waals surface area contributed by atoms with E-state index in [9.17, 15) is 19.5 Å². The molecule has 1 aromatic heterocycles. The van der Waals surface area contributed by atoms with E-state index in [1.807, 2.05) is 0 Å². The van der Waals surface area contributed by atoms with E-state index < -0.39 is 17.3 Å². The molecule has 1 rings (SSSR count). The highest BCUT2D eigenvalue weighted by atomic mass is 16.4. The summed E-state index contributed by atoms with van der Waals surface area (Å²) >= 11 is 0. The van der Waals surface area contributed by atoms with Crippen molar-refractivity contribution in [3.63, 3.8) is 0 Å². The number of rotatable bonds is 7. The normalized spacial score (nSPS) is 10.9. The molecule has 0 atom stereocenters. The summed E-state index contributed by atoms with van der Waals surface area (Å²) in [4.78, 5) is 38.7. The van der Waals surface area contributed by atoms with Gasteiger partial charge in [-0.05, 0) is 25.0 Å². The molecule has 0 aliphatic rings. The molecule has 120 valence electrons. The fourth-order valence-electron chi connectivity index (χ4n) is 2.02. The number of pyridine rings is 1. The van der Waals surface area contributed by atoms with Crippen LogP contribution in [0.15, 0.2) is 18.3 Å². The van der Waals surface area contributed by atoms with Crippen molar-refractivity contribution in [1.82, 2.24) is 15.6 Å². The van der Waals surface area contributed by atoms with E-state index in [2.05, 4.69) is 15.6 Å². The fourth-order valence-corrected chi connectivity index (χ4v) is 2.02. The first-order chi connectivity index (χ1) is 10.4. The molecule has 0 aromatic carbocycles. The number of nitrogens with one attached hydrogen (secondary N) is 2. The van der Waals surface area contributed by atoms with Crippen LogP contribution in [0.25, 0.3) is 0 Å². The van der Waals surface area contributed by atoms with Gasteiger partial charge in [-0.2, -0.15) is 0 Å². The van der Waals surface area contributed by atoms with Crippen molar-refractivity contribution in [3.8, 4) is 0 Å². The highest BCUT2D eigenvalue weighted by Gasteiger charge is 2.35. The van der Waals surface area contributed by atoms with E-state index in [1.54, 1.807) is 13.8 Å². The summed E-state index contributed by atoms with van der Waals surface area (Å²) in [5, 5.41) is 14.4. The molecule has 1 aromatic rings. The van der Waals surface area contributed by atoms with Crippen LogP contribution in [0.1, 0.15) is 47.5 Å². The van der Waals surface area contributed by atoms with Gasteiger partial charge in [0.05, 0.1) is 11.0 Å². The van der Waals surface area contributed by atoms with Gasteiger partial charge in [-0.1, -0.05) is 13.8 Å². The molecule has 0 saturated heterocycles. The molecule has 0 aliphatic carbocycles. The molecule has 7 heteroatoms. The molecule has 0 spiro atoms. The maximum Gasteiger partial charge on any atom is 0.311 e. The number of carboxylic acid groups (broad SMARTS) is 1. The van der Waals surface area contributed by atoms with E-state index in [0.717, 1.165) is 0 Å². The SMILES string of the molecule is CCC(CC)(CNC(=O)c1ccc(C(=O)NC)nc1)C(=O)O. The average Bonchev–Trinajstić information content (AvgIpc) is 2.55. The predicted octanol–water partition coefficient (Wildman–Crippen LogP) is 1.06. The number of hydrogen-bond acceptors (Lipinski definition) is 4. The zero-order chi connectivity index (χ0) is 16.8. The lowest BCUT2D eigenvalue weighted by molar-refractivity contribution is -0.149. The molecule has 3 N–H and O–H groups in total. The monoisotopic (exact) mass is 307 g/mol. The van der Waals surface area contributed by atoms with Gasteiger partial charge in [0.25, 0.3) is 11.8 Å². The van der Waals surface area contributed by atoms with E-state index in [1.165, 1.54) is 25.4 Å². The second kappa shape index (κ2) is 7.53. The van der Waals surface area contributed by atoms with Gasteiger partial charge in [0.1, 0.15) is 5.69 Å². The molecular formula is C15H21N3O4. The third kappa shape index (κ3) is 3.81. The number of carbonyl (C=O) groups excluding carboxylic acids is 2. The number of amides is 2. The zero-order valence-corrected chi connectivity index (χ0v) is 13.0. The topological polar surface area (TPSA) is 108 Å². The Bertz CT molecular complexity index is 550. The minimum atomic E-state index is -0.967. The van der Waals surface area contributed by atoms with Crippen molar-refractivity contribution < 1.29 is 19.5 Å². The number of carboxylic acids is 1. The van der Waals surface area contributed by atoms with Crippen LogP contribution in [0.2, 0.25) is 0 Å². The van der Waals surface area contributed by atoms with E-state index in [0.29, 0.717) is 12.8 Å². The summed E-state index contributed by atoms with van der Waals surface area (Å²) in [6.07, 6.45) is 2.14. The molecule has 0 radical (unpaired) electrons. The second-order valence-corrected chi connectivity index (χ2v) is 4.99. The van der Waals surface area contributed by atoms with Gasteiger partial charge in [0.15, 0.2) is 0 Å². The van der Waals surface area contributed by atoms with Crippen LogP contribution in [-0.2, 0) is 4.79 Å². The minimum absolute atomic E-state index is 0.0470. The molecule has 1 heterocycles. The van der Waals surface area contributed by atoms with Gasteiger partial charge in [0.2, 0.25) is 0 Å². The Morgan fingerprint density at radius 2 is 1.82 bits per heavy atom. The maximum atomic E-state index is 12.1. The Labute approximate surface area is 129 Å².